The molecule has 0 bridgehead atoms. The normalized spacial score (nSPS) is 18.8. The van der Waals surface area contributed by atoms with E-state index >= 15 is 0 Å². The van der Waals surface area contributed by atoms with Gasteiger partial charge in [-0.3, -0.25) is 9.69 Å². The fourth-order valence-corrected chi connectivity index (χ4v) is 3.68. The van der Waals surface area contributed by atoms with E-state index in [0.29, 0.717) is 18.1 Å². The molecular formula is C20H18FN3OS. The third kappa shape index (κ3) is 4.46. The van der Waals surface area contributed by atoms with Crippen molar-refractivity contribution < 1.29 is 9.18 Å². The van der Waals surface area contributed by atoms with Crippen molar-refractivity contribution in [3.63, 3.8) is 0 Å². The smallest absolute Gasteiger partial charge is 0.242 e. The molecule has 1 saturated heterocycles. The molecule has 26 heavy (non-hydrogen) atoms. The van der Waals surface area contributed by atoms with Crippen LogP contribution in [0.1, 0.15) is 11.1 Å². The Bertz CT molecular complexity index is 834. The van der Waals surface area contributed by atoms with E-state index in [4.69, 9.17) is 0 Å². The van der Waals surface area contributed by atoms with Crippen molar-refractivity contribution in [2.24, 2.45) is 10.2 Å². The lowest BCUT2D eigenvalue weighted by Gasteiger charge is -2.12. The summed E-state index contributed by atoms with van der Waals surface area (Å²) in [6.45, 7) is 4.08. The van der Waals surface area contributed by atoms with Crippen molar-refractivity contribution in [3.05, 3.63) is 84.2 Å². The molecule has 1 aliphatic heterocycles. The molecule has 0 aliphatic carbocycles. The maximum absolute atomic E-state index is 13.1. The van der Waals surface area contributed by atoms with Crippen molar-refractivity contribution in [2.75, 3.05) is 6.54 Å². The lowest BCUT2D eigenvalue weighted by atomic mass is 10.1. The van der Waals surface area contributed by atoms with Crippen LogP contribution < -0.4 is 0 Å². The summed E-state index contributed by atoms with van der Waals surface area (Å²) in [5, 5.41) is 8.58. The van der Waals surface area contributed by atoms with Gasteiger partial charge in [0, 0.05) is 6.54 Å². The topological polar surface area (TPSA) is 45.0 Å². The molecular weight excluding hydrogens is 349 g/mol. The van der Waals surface area contributed by atoms with Crippen molar-refractivity contribution in [2.45, 2.75) is 11.7 Å². The maximum atomic E-state index is 13.1. The average molecular weight is 367 g/mol. The highest BCUT2D eigenvalue weighted by atomic mass is 32.2. The molecule has 132 valence electrons. The van der Waals surface area contributed by atoms with Crippen molar-refractivity contribution >= 4 is 29.1 Å². The Morgan fingerprint density at radius 1 is 1.15 bits per heavy atom. The SMILES string of the molecule is C=CCN1C(=O)[C@@H](Cc2ccc(F)cc2)S/C1=N\N=C/c1ccccc1. The summed E-state index contributed by atoms with van der Waals surface area (Å²) in [5.74, 6) is -0.321. The Morgan fingerprint density at radius 2 is 1.88 bits per heavy atom. The Balaban J connectivity index is 1.75. The van der Waals surface area contributed by atoms with Crippen LogP contribution in [0.5, 0.6) is 0 Å². The molecule has 1 amide bonds. The Kier molecular flexibility index (Phi) is 5.96. The molecule has 1 atom stereocenters. The minimum absolute atomic E-state index is 0.0344. The van der Waals surface area contributed by atoms with E-state index in [2.05, 4.69) is 16.8 Å². The van der Waals surface area contributed by atoms with Crippen molar-refractivity contribution in [3.8, 4) is 0 Å². The molecule has 0 aromatic heterocycles. The zero-order chi connectivity index (χ0) is 18.4. The van der Waals surface area contributed by atoms with Gasteiger partial charge in [0.25, 0.3) is 0 Å². The van der Waals surface area contributed by atoms with Gasteiger partial charge in [0.2, 0.25) is 5.91 Å². The first kappa shape index (κ1) is 18.1. The van der Waals surface area contributed by atoms with Crippen LogP contribution in [0.4, 0.5) is 4.39 Å². The molecule has 1 aliphatic rings. The molecule has 0 unspecified atom stereocenters. The molecule has 1 heterocycles. The minimum Gasteiger partial charge on any atom is -0.285 e. The first-order valence-corrected chi connectivity index (χ1v) is 9.05. The number of halogens is 1. The number of hydrogen-bond donors (Lipinski definition) is 0. The number of amides is 1. The van der Waals surface area contributed by atoms with E-state index < -0.39 is 0 Å². The molecule has 0 N–H and O–H groups in total. The Morgan fingerprint density at radius 3 is 2.58 bits per heavy atom. The average Bonchev–Trinajstić information content (AvgIpc) is 2.94. The highest BCUT2D eigenvalue weighted by Crippen LogP contribution is 2.30. The summed E-state index contributed by atoms with van der Waals surface area (Å²) < 4.78 is 13.1. The summed E-state index contributed by atoms with van der Waals surface area (Å²) in [5.41, 5.74) is 1.84. The minimum atomic E-state index is -0.300. The zero-order valence-electron chi connectivity index (χ0n) is 14.1. The van der Waals surface area contributed by atoms with Crippen LogP contribution in [-0.4, -0.2) is 34.0 Å². The molecule has 1 fully saturated rings. The highest BCUT2D eigenvalue weighted by Gasteiger charge is 2.37. The van der Waals surface area contributed by atoms with Gasteiger partial charge in [-0.2, -0.15) is 5.10 Å². The number of carbonyl (C=O) groups is 1. The van der Waals surface area contributed by atoms with E-state index in [9.17, 15) is 9.18 Å². The molecule has 3 rings (SSSR count). The van der Waals surface area contributed by atoms with Crippen LogP contribution in [-0.2, 0) is 11.2 Å². The van der Waals surface area contributed by atoms with Gasteiger partial charge >= 0.3 is 0 Å². The van der Waals surface area contributed by atoms with E-state index in [1.165, 1.54) is 23.9 Å². The fourth-order valence-electron chi connectivity index (χ4n) is 2.53. The van der Waals surface area contributed by atoms with Gasteiger partial charge < -0.3 is 0 Å². The second-order valence-electron chi connectivity index (χ2n) is 5.71. The van der Waals surface area contributed by atoms with Crippen LogP contribution in [0.25, 0.3) is 0 Å². The summed E-state index contributed by atoms with van der Waals surface area (Å²) in [7, 11) is 0. The van der Waals surface area contributed by atoms with Gasteiger partial charge in [0.15, 0.2) is 5.17 Å². The number of carbonyl (C=O) groups excluding carboxylic acids is 1. The molecule has 6 heteroatoms. The number of rotatable bonds is 6. The van der Waals surface area contributed by atoms with E-state index in [1.807, 2.05) is 30.3 Å². The van der Waals surface area contributed by atoms with Gasteiger partial charge in [-0.1, -0.05) is 60.3 Å². The third-order valence-electron chi connectivity index (χ3n) is 3.82. The number of thioether (sulfide) groups is 1. The zero-order valence-corrected chi connectivity index (χ0v) is 14.9. The van der Waals surface area contributed by atoms with Crippen LogP contribution in [0.3, 0.4) is 0 Å². The lowest BCUT2D eigenvalue weighted by molar-refractivity contribution is -0.125. The quantitative estimate of drug-likeness (QED) is 0.442. The first-order chi connectivity index (χ1) is 12.7. The first-order valence-electron chi connectivity index (χ1n) is 8.17. The van der Waals surface area contributed by atoms with Gasteiger partial charge in [-0.05, 0) is 29.7 Å². The predicted molar refractivity (Wildman–Crippen MR) is 105 cm³/mol. The number of hydrogen-bond acceptors (Lipinski definition) is 4. The predicted octanol–water partition coefficient (Wildman–Crippen LogP) is 3.89. The largest absolute Gasteiger partial charge is 0.285 e. The number of benzene rings is 2. The van der Waals surface area contributed by atoms with Crippen LogP contribution in [0.15, 0.2) is 77.5 Å². The van der Waals surface area contributed by atoms with Crippen LogP contribution in [0, 0.1) is 5.82 Å². The molecule has 4 nitrogen and oxygen atoms in total. The molecule has 0 radical (unpaired) electrons. The van der Waals surface area contributed by atoms with Crippen LogP contribution >= 0.6 is 11.8 Å². The van der Waals surface area contributed by atoms with Gasteiger partial charge in [0.1, 0.15) is 5.82 Å². The Hall–Kier alpha value is -2.73. The van der Waals surface area contributed by atoms with E-state index in [-0.39, 0.29) is 17.0 Å². The van der Waals surface area contributed by atoms with E-state index in [1.54, 1.807) is 29.3 Å². The number of amidine groups is 1. The number of nitrogens with zero attached hydrogens (tertiary/aromatic N) is 3. The standard InChI is InChI=1S/C20H18FN3OS/c1-2-12-24-19(25)18(13-15-8-10-17(21)11-9-15)26-20(24)23-22-14-16-6-4-3-5-7-16/h2-11,14,18H,1,12-13H2/b22-14-,23-20-/t18-/m1/s1. The molecule has 0 spiro atoms. The lowest BCUT2D eigenvalue weighted by Crippen LogP contribution is -2.32. The van der Waals surface area contributed by atoms with Crippen molar-refractivity contribution in [1.82, 2.24) is 4.90 Å². The summed E-state index contributed by atoms with van der Waals surface area (Å²) in [6.07, 6.45) is 3.82. The summed E-state index contributed by atoms with van der Waals surface area (Å²) in [4.78, 5) is 14.2. The fraction of sp³-hybridized carbons (Fsp3) is 0.150. The van der Waals surface area contributed by atoms with Gasteiger partial charge in [-0.25, -0.2) is 4.39 Å². The van der Waals surface area contributed by atoms with Crippen molar-refractivity contribution in [1.29, 1.82) is 0 Å². The highest BCUT2D eigenvalue weighted by molar-refractivity contribution is 8.15. The van der Waals surface area contributed by atoms with E-state index in [0.717, 1.165) is 11.1 Å². The summed E-state index contributed by atoms with van der Waals surface area (Å²) in [6, 6.07) is 15.8. The maximum Gasteiger partial charge on any atom is 0.242 e. The van der Waals surface area contributed by atoms with Crippen LogP contribution in [0.2, 0.25) is 0 Å². The van der Waals surface area contributed by atoms with Gasteiger partial charge in [-0.15, -0.1) is 11.7 Å². The second-order valence-corrected chi connectivity index (χ2v) is 6.88. The molecule has 2 aromatic rings. The summed E-state index contributed by atoms with van der Waals surface area (Å²) >= 11 is 1.37. The second kappa shape index (κ2) is 8.58. The molecule has 2 aromatic carbocycles. The van der Waals surface area contributed by atoms with Gasteiger partial charge in [0.05, 0.1) is 11.5 Å². The third-order valence-corrected chi connectivity index (χ3v) is 4.98. The monoisotopic (exact) mass is 367 g/mol. The molecule has 0 saturated carbocycles. The Labute approximate surface area is 156 Å².